The Morgan fingerprint density at radius 1 is 1.15 bits per heavy atom. The van der Waals surface area contributed by atoms with Crippen LogP contribution in [0.4, 0.5) is 0 Å². The third kappa shape index (κ3) is 3.52. The van der Waals surface area contributed by atoms with Crippen LogP contribution >= 0.6 is 23.2 Å². The molecule has 0 radical (unpaired) electrons. The summed E-state index contributed by atoms with van der Waals surface area (Å²) >= 11 is 12.1. The molecule has 2 rings (SSSR count). The summed E-state index contributed by atoms with van der Waals surface area (Å²) in [5.74, 6) is 0. The first-order valence-corrected chi connectivity index (χ1v) is 7.03. The van der Waals surface area contributed by atoms with Gasteiger partial charge in [-0.05, 0) is 36.2 Å². The highest BCUT2D eigenvalue weighted by atomic mass is 35.5. The van der Waals surface area contributed by atoms with Crippen molar-refractivity contribution in [1.29, 1.82) is 5.26 Å². The highest BCUT2D eigenvalue weighted by molar-refractivity contribution is 6.42. The van der Waals surface area contributed by atoms with Gasteiger partial charge in [0, 0.05) is 12.6 Å². The van der Waals surface area contributed by atoms with Crippen molar-refractivity contribution in [3.05, 3.63) is 69.2 Å². The first kappa shape index (κ1) is 14.9. The minimum absolute atomic E-state index is 0.165. The van der Waals surface area contributed by atoms with Crippen molar-refractivity contribution in [3.63, 3.8) is 0 Å². The fraction of sp³-hybridized carbons (Fsp3) is 0.188. The number of nitrogens with zero attached hydrogens (tertiary/aromatic N) is 1. The van der Waals surface area contributed by atoms with Crippen LogP contribution in [0, 0.1) is 11.3 Å². The van der Waals surface area contributed by atoms with Gasteiger partial charge in [-0.15, -0.1) is 0 Å². The molecule has 0 aliphatic heterocycles. The average molecular weight is 305 g/mol. The Kier molecular flexibility index (Phi) is 5.03. The molecule has 0 aromatic heterocycles. The first-order valence-electron chi connectivity index (χ1n) is 6.28. The number of nitrogens with one attached hydrogen (secondary N) is 1. The molecule has 0 saturated heterocycles. The molecular weight excluding hydrogens is 291 g/mol. The highest BCUT2D eigenvalue weighted by Gasteiger charge is 2.08. The van der Waals surface area contributed by atoms with E-state index in [1.807, 2.05) is 36.4 Å². The van der Waals surface area contributed by atoms with E-state index in [1.165, 1.54) is 0 Å². The lowest BCUT2D eigenvalue weighted by Crippen LogP contribution is -2.18. The van der Waals surface area contributed by atoms with Crippen molar-refractivity contribution in [2.75, 3.05) is 0 Å². The summed E-state index contributed by atoms with van der Waals surface area (Å²) in [4.78, 5) is 0. The second-order valence-corrected chi connectivity index (χ2v) is 5.33. The van der Waals surface area contributed by atoms with Gasteiger partial charge >= 0.3 is 0 Å². The summed E-state index contributed by atoms with van der Waals surface area (Å²) < 4.78 is 0. The predicted molar refractivity (Wildman–Crippen MR) is 82.9 cm³/mol. The van der Waals surface area contributed by atoms with E-state index in [0.29, 0.717) is 22.2 Å². The summed E-state index contributed by atoms with van der Waals surface area (Å²) in [5.41, 5.74) is 2.76. The third-order valence-corrected chi connectivity index (χ3v) is 4.03. The summed E-state index contributed by atoms with van der Waals surface area (Å²) in [6.07, 6.45) is 0. The van der Waals surface area contributed by atoms with E-state index in [1.54, 1.807) is 6.07 Å². The van der Waals surface area contributed by atoms with Gasteiger partial charge in [-0.2, -0.15) is 5.26 Å². The molecule has 1 unspecified atom stereocenters. The lowest BCUT2D eigenvalue weighted by atomic mass is 10.1. The van der Waals surface area contributed by atoms with E-state index in [0.717, 1.165) is 11.1 Å². The largest absolute Gasteiger partial charge is 0.306 e. The monoisotopic (exact) mass is 304 g/mol. The molecule has 4 heteroatoms. The van der Waals surface area contributed by atoms with Crippen molar-refractivity contribution in [2.45, 2.75) is 19.5 Å². The third-order valence-electron chi connectivity index (χ3n) is 3.17. The SMILES string of the molecule is CC(NCc1cccc(Cl)c1Cl)c1ccc(C#N)cc1. The van der Waals surface area contributed by atoms with Crippen LogP contribution in [0.15, 0.2) is 42.5 Å². The zero-order valence-corrected chi connectivity index (χ0v) is 12.5. The average Bonchev–Trinajstić information content (AvgIpc) is 2.48. The molecule has 0 heterocycles. The van der Waals surface area contributed by atoms with Gasteiger partial charge < -0.3 is 5.32 Å². The number of rotatable bonds is 4. The fourth-order valence-electron chi connectivity index (χ4n) is 1.91. The number of halogens is 2. The molecule has 0 amide bonds. The van der Waals surface area contributed by atoms with Crippen LogP contribution < -0.4 is 5.32 Å². The van der Waals surface area contributed by atoms with E-state index in [4.69, 9.17) is 28.5 Å². The van der Waals surface area contributed by atoms with Crippen molar-refractivity contribution in [2.24, 2.45) is 0 Å². The van der Waals surface area contributed by atoms with Crippen LogP contribution in [0.1, 0.15) is 29.7 Å². The van der Waals surface area contributed by atoms with Crippen molar-refractivity contribution < 1.29 is 0 Å². The van der Waals surface area contributed by atoms with E-state index in [-0.39, 0.29) is 6.04 Å². The Labute approximate surface area is 128 Å². The zero-order valence-electron chi connectivity index (χ0n) is 11.0. The van der Waals surface area contributed by atoms with Crippen LogP contribution in [0.25, 0.3) is 0 Å². The molecule has 2 aromatic rings. The Bertz CT molecular complexity index is 630. The molecule has 0 bridgehead atoms. The Morgan fingerprint density at radius 3 is 2.50 bits per heavy atom. The molecule has 0 aliphatic rings. The molecular formula is C16H14Cl2N2. The van der Waals surface area contributed by atoms with E-state index in [9.17, 15) is 0 Å². The summed E-state index contributed by atoms with van der Waals surface area (Å²) in [6.45, 7) is 2.71. The summed E-state index contributed by atoms with van der Waals surface area (Å²) in [7, 11) is 0. The van der Waals surface area contributed by atoms with Crippen molar-refractivity contribution >= 4 is 23.2 Å². The van der Waals surface area contributed by atoms with Gasteiger partial charge in [0.25, 0.3) is 0 Å². The lowest BCUT2D eigenvalue weighted by molar-refractivity contribution is 0.575. The molecule has 2 nitrogen and oxygen atoms in total. The molecule has 0 spiro atoms. The van der Waals surface area contributed by atoms with Gasteiger partial charge in [-0.25, -0.2) is 0 Å². The van der Waals surface area contributed by atoms with Gasteiger partial charge in [0.15, 0.2) is 0 Å². The van der Waals surface area contributed by atoms with Crippen molar-refractivity contribution in [3.8, 4) is 6.07 Å². The van der Waals surface area contributed by atoms with Crippen LogP contribution in [0.5, 0.6) is 0 Å². The Balaban J connectivity index is 2.03. The van der Waals surface area contributed by atoms with Crippen molar-refractivity contribution in [1.82, 2.24) is 5.32 Å². The predicted octanol–water partition coefficient (Wildman–Crippen LogP) is 4.72. The van der Waals surface area contributed by atoms with Gasteiger partial charge in [-0.1, -0.05) is 47.5 Å². The van der Waals surface area contributed by atoms with Gasteiger partial charge in [-0.3, -0.25) is 0 Å². The topological polar surface area (TPSA) is 35.8 Å². The second-order valence-electron chi connectivity index (χ2n) is 4.55. The minimum atomic E-state index is 0.165. The standard InChI is InChI=1S/C16H14Cl2N2/c1-11(13-7-5-12(9-19)6-8-13)20-10-14-3-2-4-15(17)16(14)18/h2-8,11,20H,10H2,1H3. The zero-order chi connectivity index (χ0) is 14.5. The Morgan fingerprint density at radius 2 is 1.85 bits per heavy atom. The second kappa shape index (κ2) is 6.76. The maximum absolute atomic E-state index is 8.78. The molecule has 102 valence electrons. The highest BCUT2D eigenvalue weighted by Crippen LogP contribution is 2.26. The lowest BCUT2D eigenvalue weighted by Gasteiger charge is -2.15. The molecule has 0 aliphatic carbocycles. The summed E-state index contributed by atoms with van der Waals surface area (Å²) in [6, 6.07) is 15.4. The molecule has 1 N–H and O–H groups in total. The van der Waals surface area contributed by atoms with E-state index < -0.39 is 0 Å². The first-order chi connectivity index (χ1) is 9.61. The van der Waals surface area contributed by atoms with Gasteiger partial charge in [0.05, 0.1) is 21.7 Å². The van der Waals surface area contributed by atoms with E-state index >= 15 is 0 Å². The number of hydrogen-bond acceptors (Lipinski definition) is 2. The number of nitriles is 1. The maximum atomic E-state index is 8.78. The molecule has 1 atom stereocenters. The quantitative estimate of drug-likeness (QED) is 0.887. The smallest absolute Gasteiger partial charge is 0.0991 e. The fourth-order valence-corrected chi connectivity index (χ4v) is 2.30. The summed E-state index contributed by atoms with van der Waals surface area (Å²) in [5, 5.41) is 13.3. The normalized spacial score (nSPS) is 11.9. The van der Waals surface area contributed by atoms with Gasteiger partial charge in [0.1, 0.15) is 0 Å². The van der Waals surface area contributed by atoms with E-state index in [2.05, 4.69) is 18.3 Å². The number of hydrogen-bond donors (Lipinski definition) is 1. The van der Waals surface area contributed by atoms with Crippen LogP contribution in [0.3, 0.4) is 0 Å². The minimum Gasteiger partial charge on any atom is -0.306 e. The molecule has 20 heavy (non-hydrogen) atoms. The molecule has 0 saturated carbocycles. The van der Waals surface area contributed by atoms with Crippen LogP contribution in [-0.2, 0) is 6.54 Å². The van der Waals surface area contributed by atoms with Crippen LogP contribution in [-0.4, -0.2) is 0 Å². The van der Waals surface area contributed by atoms with Crippen LogP contribution in [0.2, 0.25) is 10.0 Å². The maximum Gasteiger partial charge on any atom is 0.0991 e. The molecule has 0 fully saturated rings. The molecule has 2 aromatic carbocycles. The van der Waals surface area contributed by atoms with Gasteiger partial charge in [0.2, 0.25) is 0 Å². The Hall–Kier alpha value is -1.53. The number of benzene rings is 2.